The number of benzene rings is 1. The van der Waals surface area contributed by atoms with Crippen molar-refractivity contribution in [1.29, 1.82) is 0 Å². The molecule has 0 saturated carbocycles. The van der Waals surface area contributed by atoms with Crippen LogP contribution in [0.5, 0.6) is 0 Å². The fourth-order valence-corrected chi connectivity index (χ4v) is 2.59. The van der Waals surface area contributed by atoms with E-state index in [9.17, 15) is 4.79 Å². The number of hydrogen-bond acceptors (Lipinski definition) is 4. The molecular formula is C12H8Cl2N2O2. The molecule has 2 aromatic rings. The van der Waals surface area contributed by atoms with Crippen LogP contribution in [0.4, 0.5) is 5.82 Å². The van der Waals surface area contributed by atoms with E-state index in [1.165, 1.54) is 0 Å². The summed E-state index contributed by atoms with van der Waals surface area (Å²) in [6.45, 7) is 0.896. The Balaban J connectivity index is 2.40. The highest BCUT2D eigenvalue weighted by Crippen LogP contribution is 2.34. The van der Waals surface area contributed by atoms with Gasteiger partial charge >= 0.3 is 0 Å². The average Bonchev–Trinajstić information content (AvgIpc) is 2.77. The van der Waals surface area contributed by atoms with E-state index in [0.717, 1.165) is 16.5 Å². The van der Waals surface area contributed by atoms with Gasteiger partial charge in [-0.25, -0.2) is 4.98 Å². The molecule has 0 amide bonds. The van der Waals surface area contributed by atoms with E-state index in [0.29, 0.717) is 24.5 Å². The maximum atomic E-state index is 11.3. The number of carbonyl (C=O) groups is 1. The molecule has 4 nitrogen and oxygen atoms in total. The van der Waals surface area contributed by atoms with Crippen LogP contribution < -0.4 is 5.73 Å². The first-order valence-electron chi connectivity index (χ1n) is 5.26. The van der Waals surface area contributed by atoms with E-state index in [4.69, 9.17) is 33.7 Å². The van der Waals surface area contributed by atoms with Crippen LogP contribution in [0, 0.1) is 0 Å². The van der Waals surface area contributed by atoms with E-state index >= 15 is 0 Å². The van der Waals surface area contributed by atoms with Crippen molar-refractivity contribution in [2.75, 3.05) is 5.73 Å². The maximum absolute atomic E-state index is 11.3. The molecule has 18 heavy (non-hydrogen) atoms. The molecule has 3 rings (SSSR count). The standard InChI is InChI=1S/C12H8Cl2N2O2/c13-9-2-10-5(1-6(9)11(14)17)7-3-18-4-8(7)12(15)16-10/h1-2H,3-4H2,(H2,15,16). The Morgan fingerprint density at radius 1 is 1.33 bits per heavy atom. The van der Waals surface area contributed by atoms with Gasteiger partial charge in [-0.2, -0.15) is 0 Å². The molecule has 0 aliphatic carbocycles. The van der Waals surface area contributed by atoms with Crippen molar-refractivity contribution in [2.45, 2.75) is 13.2 Å². The topological polar surface area (TPSA) is 65.2 Å². The Morgan fingerprint density at radius 3 is 2.78 bits per heavy atom. The zero-order valence-electron chi connectivity index (χ0n) is 9.17. The van der Waals surface area contributed by atoms with E-state index in [1.807, 2.05) is 0 Å². The Kier molecular flexibility index (Phi) is 2.66. The van der Waals surface area contributed by atoms with Crippen molar-refractivity contribution in [3.8, 4) is 0 Å². The van der Waals surface area contributed by atoms with Crippen LogP contribution in [-0.2, 0) is 18.0 Å². The summed E-state index contributed by atoms with van der Waals surface area (Å²) >= 11 is 11.5. The number of rotatable bonds is 1. The number of anilines is 1. The third-order valence-electron chi connectivity index (χ3n) is 3.03. The maximum Gasteiger partial charge on any atom is 0.253 e. The van der Waals surface area contributed by atoms with Gasteiger partial charge in [0.05, 0.1) is 29.3 Å². The van der Waals surface area contributed by atoms with Crippen molar-refractivity contribution in [2.24, 2.45) is 0 Å². The molecule has 1 aromatic heterocycles. The summed E-state index contributed by atoms with van der Waals surface area (Å²) in [6, 6.07) is 3.24. The molecular weight excluding hydrogens is 275 g/mol. The first-order valence-corrected chi connectivity index (χ1v) is 6.01. The number of nitrogen functional groups attached to an aromatic ring is 1. The number of nitrogens with two attached hydrogens (primary N) is 1. The lowest BCUT2D eigenvalue weighted by Crippen LogP contribution is -2.00. The van der Waals surface area contributed by atoms with Gasteiger partial charge in [-0.15, -0.1) is 0 Å². The van der Waals surface area contributed by atoms with Gasteiger partial charge in [0.2, 0.25) is 0 Å². The average molecular weight is 283 g/mol. The largest absolute Gasteiger partial charge is 0.383 e. The zero-order valence-corrected chi connectivity index (χ0v) is 10.7. The van der Waals surface area contributed by atoms with Gasteiger partial charge in [-0.1, -0.05) is 11.6 Å². The molecule has 0 fully saturated rings. The van der Waals surface area contributed by atoms with Gasteiger partial charge < -0.3 is 10.5 Å². The first-order chi connectivity index (χ1) is 8.58. The van der Waals surface area contributed by atoms with Crippen LogP contribution in [-0.4, -0.2) is 10.2 Å². The van der Waals surface area contributed by atoms with E-state index in [2.05, 4.69) is 4.98 Å². The van der Waals surface area contributed by atoms with Crippen molar-refractivity contribution in [1.82, 2.24) is 4.98 Å². The van der Waals surface area contributed by atoms with Gasteiger partial charge in [-0.05, 0) is 29.3 Å². The summed E-state index contributed by atoms with van der Waals surface area (Å²) in [5.41, 5.74) is 8.60. The van der Waals surface area contributed by atoms with Crippen LogP contribution >= 0.6 is 23.2 Å². The molecule has 0 radical (unpaired) electrons. The number of carbonyl (C=O) groups excluding carboxylic acids is 1. The minimum absolute atomic E-state index is 0.270. The molecule has 0 bridgehead atoms. The summed E-state index contributed by atoms with van der Waals surface area (Å²) < 4.78 is 5.36. The van der Waals surface area contributed by atoms with Gasteiger partial charge in [0.15, 0.2) is 0 Å². The molecule has 2 heterocycles. The second-order valence-corrected chi connectivity index (χ2v) is 4.82. The molecule has 0 spiro atoms. The molecule has 1 aliphatic rings. The summed E-state index contributed by atoms with van der Waals surface area (Å²) in [5, 5.41) is 0.491. The molecule has 0 saturated heterocycles. The Labute approximate surface area is 113 Å². The van der Waals surface area contributed by atoms with Crippen LogP contribution in [0.15, 0.2) is 12.1 Å². The molecule has 1 aromatic carbocycles. The predicted molar refractivity (Wildman–Crippen MR) is 69.8 cm³/mol. The lowest BCUT2D eigenvalue weighted by molar-refractivity contribution is 0.108. The van der Waals surface area contributed by atoms with Crippen molar-refractivity contribution in [3.05, 3.63) is 33.8 Å². The second kappa shape index (κ2) is 4.09. The number of pyridine rings is 1. The number of halogens is 2. The van der Waals surface area contributed by atoms with Crippen LogP contribution in [0.1, 0.15) is 21.5 Å². The lowest BCUT2D eigenvalue weighted by atomic mass is 10.0. The van der Waals surface area contributed by atoms with E-state index in [1.54, 1.807) is 12.1 Å². The highest BCUT2D eigenvalue weighted by atomic mass is 35.5. The minimum atomic E-state index is -0.591. The SMILES string of the molecule is Nc1nc2cc(Cl)c(C(=O)Cl)cc2c2c1COC2. The third kappa shape index (κ3) is 1.65. The van der Waals surface area contributed by atoms with Gasteiger partial charge in [0.1, 0.15) is 5.82 Å². The van der Waals surface area contributed by atoms with Gasteiger partial charge in [-0.3, -0.25) is 4.79 Å². The zero-order chi connectivity index (χ0) is 12.9. The Morgan fingerprint density at radius 2 is 2.06 bits per heavy atom. The highest BCUT2D eigenvalue weighted by molar-refractivity contribution is 6.68. The monoisotopic (exact) mass is 282 g/mol. The third-order valence-corrected chi connectivity index (χ3v) is 3.55. The van der Waals surface area contributed by atoms with Gasteiger partial charge in [0.25, 0.3) is 5.24 Å². The summed E-state index contributed by atoms with van der Waals surface area (Å²) in [7, 11) is 0. The van der Waals surface area contributed by atoms with Gasteiger partial charge in [0, 0.05) is 10.9 Å². The van der Waals surface area contributed by atoms with Crippen LogP contribution in [0.3, 0.4) is 0 Å². The summed E-state index contributed by atoms with van der Waals surface area (Å²) in [5.74, 6) is 0.441. The van der Waals surface area contributed by atoms with E-state index < -0.39 is 5.24 Å². The fourth-order valence-electron chi connectivity index (χ4n) is 2.14. The molecule has 1 aliphatic heterocycles. The normalized spacial score (nSPS) is 13.9. The summed E-state index contributed by atoms with van der Waals surface area (Å²) in [4.78, 5) is 15.5. The minimum Gasteiger partial charge on any atom is -0.383 e. The molecule has 92 valence electrons. The van der Waals surface area contributed by atoms with Crippen molar-refractivity contribution in [3.63, 3.8) is 0 Å². The Bertz CT molecular complexity index is 686. The lowest BCUT2D eigenvalue weighted by Gasteiger charge is -2.08. The number of aromatic nitrogens is 1. The van der Waals surface area contributed by atoms with Crippen LogP contribution in [0.25, 0.3) is 10.9 Å². The van der Waals surface area contributed by atoms with Crippen molar-refractivity contribution >= 4 is 45.2 Å². The number of ether oxygens (including phenoxy) is 1. The fraction of sp³-hybridized carbons (Fsp3) is 0.167. The Hall–Kier alpha value is -1.36. The first kappa shape index (κ1) is 11.7. The van der Waals surface area contributed by atoms with E-state index in [-0.39, 0.29) is 10.6 Å². The molecule has 6 heteroatoms. The molecule has 0 unspecified atom stereocenters. The summed E-state index contributed by atoms with van der Waals surface area (Å²) in [6.07, 6.45) is 0. The smallest absolute Gasteiger partial charge is 0.253 e. The number of nitrogens with zero attached hydrogens (tertiary/aromatic N) is 1. The number of hydrogen-bond donors (Lipinski definition) is 1. The predicted octanol–water partition coefficient (Wildman–Crippen LogP) is 2.88. The quantitative estimate of drug-likeness (QED) is 0.817. The van der Waals surface area contributed by atoms with Crippen LogP contribution in [0.2, 0.25) is 5.02 Å². The van der Waals surface area contributed by atoms with Crippen molar-refractivity contribution < 1.29 is 9.53 Å². The second-order valence-electron chi connectivity index (χ2n) is 4.07. The molecule has 0 atom stereocenters. The highest BCUT2D eigenvalue weighted by Gasteiger charge is 2.21. The number of fused-ring (bicyclic) bond motifs is 3. The molecule has 2 N–H and O–H groups in total.